The van der Waals surface area contributed by atoms with Gasteiger partial charge in [0.2, 0.25) is 10.0 Å². The minimum absolute atomic E-state index is 0.129. The van der Waals surface area contributed by atoms with Gasteiger partial charge in [0.15, 0.2) is 11.5 Å². The van der Waals surface area contributed by atoms with Crippen molar-refractivity contribution < 1.29 is 17.9 Å². The second-order valence-electron chi connectivity index (χ2n) is 6.92. The van der Waals surface area contributed by atoms with Gasteiger partial charge in [0.25, 0.3) is 0 Å². The van der Waals surface area contributed by atoms with Crippen molar-refractivity contribution in [2.24, 2.45) is 0 Å². The third-order valence-electron chi connectivity index (χ3n) is 4.94. The molecule has 6 nitrogen and oxygen atoms in total. The minimum Gasteiger partial charge on any atom is -0.493 e. The highest BCUT2D eigenvalue weighted by atomic mass is 32.2. The number of methoxy groups -OCH3 is 2. The van der Waals surface area contributed by atoms with Crippen molar-refractivity contribution in [2.45, 2.75) is 10.9 Å². The van der Waals surface area contributed by atoms with Gasteiger partial charge in [0.1, 0.15) is 0 Å². The maximum atomic E-state index is 12.9. The molecule has 1 N–H and O–H groups in total. The number of rotatable bonds is 8. The smallest absolute Gasteiger partial charge is 0.240 e. The van der Waals surface area contributed by atoms with E-state index in [0.29, 0.717) is 11.5 Å². The van der Waals surface area contributed by atoms with Crippen LogP contribution in [0.2, 0.25) is 0 Å². The van der Waals surface area contributed by atoms with Crippen LogP contribution in [0.3, 0.4) is 0 Å². The molecule has 0 aliphatic carbocycles. The Labute approximate surface area is 172 Å². The van der Waals surface area contributed by atoms with Crippen molar-refractivity contribution in [1.29, 1.82) is 0 Å². The van der Waals surface area contributed by atoms with Gasteiger partial charge in [-0.2, -0.15) is 0 Å². The summed E-state index contributed by atoms with van der Waals surface area (Å²) in [6, 6.07) is 18.6. The molecule has 0 heterocycles. The predicted octanol–water partition coefficient (Wildman–Crippen LogP) is 3.44. The first-order chi connectivity index (χ1) is 13.9. The van der Waals surface area contributed by atoms with Crippen LogP contribution in [0.15, 0.2) is 65.6 Å². The molecule has 0 aromatic heterocycles. The molecule has 0 radical (unpaired) electrons. The topological polar surface area (TPSA) is 67.9 Å². The Hall–Kier alpha value is -2.61. The highest BCUT2D eigenvalue weighted by molar-refractivity contribution is 7.89. The fraction of sp³-hybridized carbons (Fsp3) is 0.273. The zero-order valence-corrected chi connectivity index (χ0v) is 17.9. The van der Waals surface area contributed by atoms with Crippen LogP contribution in [0, 0.1) is 0 Å². The van der Waals surface area contributed by atoms with Crippen LogP contribution in [0.25, 0.3) is 10.8 Å². The summed E-state index contributed by atoms with van der Waals surface area (Å²) in [6.07, 6.45) is 0. The van der Waals surface area contributed by atoms with E-state index < -0.39 is 10.0 Å². The summed E-state index contributed by atoms with van der Waals surface area (Å²) in [5, 5.41) is 2.23. The van der Waals surface area contributed by atoms with Crippen LogP contribution in [-0.4, -0.2) is 48.2 Å². The molecule has 3 aromatic rings. The first-order valence-corrected chi connectivity index (χ1v) is 10.7. The summed E-state index contributed by atoms with van der Waals surface area (Å²) in [7, 11) is 3.15. The molecule has 0 amide bonds. The monoisotopic (exact) mass is 414 g/mol. The lowest BCUT2D eigenvalue weighted by molar-refractivity contribution is 0.301. The van der Waals surface area contributed by atoms with Crippen LogP contribution in [-0.2, 0) is 10.0 Å². The van der Waals surface area contributed by atoms with Gasteiger partial charge in [0, 0.05) is 18.7 Å². The number of likely N-dealkylation sites (N-methyl/N-ethyl adjacent to an activating group) is 1. The van der Waals surface area contributed by atoms with E-state index in [9.17, 15) is 8.42 Å². The van der Waals surface area contributed by atoms with Gasteiger partial charge in [-0.15, -0.1) is 0 Å². The summed E-state index contributed by atoms with van der Waals surface area (Å²) < 4.78 is 38.9. The van der Waals surface area contributed by atoms with Gasteiger partial charge < -0.3 is 14.4 Å². The van der Waals surface area contributed by atoms with E-state index in [0.717, 1.165) is 16.3 Å². The Morgan fingerprint density at radius 3 is 2.31 bits per heavy atom. The molecular formula is C22H26N2O4S. The summed E-state index contributed by atoms with van der Waals surface area (Å²) >= 11 is 0. The van der Waals surface area contributed by atoms with Gasteiger partial charge >= 0.3 is 0 Å². The second kappa shape index (κ2) is 8.82. The Balaban J connectivity index is 1.89. The van der Waals surface area contributed by atoms with Crippen molar-refractivity contribution in [3.8, 4) is 11.5 Å². The highest BCUT2D eigenvalue weighted by Crippen LogP contribution is 2.30. The summed E-state index contributed by atoms with van der Waals surface area (Å²) in [6.45, 7) is 0.234. The van der Waals surface area contributed by atoms with Crippen molar-refractivity contribution in [1.82, 2.24) is 9.62 Å². The fourth-order valence-electron chi connectivity index (χ4n) is 3.37. The molecule has 0 unspecified atom stereocenters. The van der Waals surface area contributed by atoms with Crippen LogP contribution in [0.5, 0.6) is 11.5 Å². The van der Waals surface area contributed by atoms with Crippen molar-refractivity contribution in [3.05, 3.63) is 66.2 Å². The number of hydrogen-bond acceptors (Lipinski definition) is 5. The summed E-state index contributed by atoms with van der Waals surface area (Å²) in [5.74, 6) is 0.849. The number of fused-ring (bicyclic) bond motifs is 1. The Kier molecular flexibility index (Phi) is 6.42. The van der Waals surface area contributed by atoms with Gasteiger partial charge in [-0.05, 0) is 42.6 Å². The first kappa shape index (κ1) is 21.1. The molecule has 7 heteroatoms. The zero-order valence-electron chi connectivity index (χ0n) is 17.0. The van der Waals surface area contributed by atoms with Gasteiger partial charge in [-0.25, -0.2) is 13.1 Å². The SMILES string of the molecule is COc1ccc(S(=O)(=O)NC[C@H](c2cccc3ccccc23)N(C)C)cc1OC. The average molecular weight is 415 g/mol. The fourth-order valence-corrected chi connectivity index (χ4v) is 4.42. The second-order valence-corrected chi connectivity index (χ2v) is 8.68. The first-order valence-electron chi connectivity index (χ1n) is 9.23. The van der Waals surface area contributed by atoms with Gasteiger partial charge in [0.05, 0.1) is 19.1 Å². The van der Waals surface area contributed by atoms with Crippen LogP contribution in [0.4, 0.5) is 0 Å². The average Bonchev–Trinajstić information content (AvgIpc) is 2.73. The number of hydrogen-bond donors (Lipinski definition) is 1. The van der Waals surface area contributed by atoms with E-state index in [1.54, 1.807) is 6.07 Å². The summed E-state index contributed by atoms with van der Waals surface area (Å²) in [5.41, 5.74) is 1.07. The van der Waals surface area contributed by atoms with Crippen molar-refractivity contribution >= 4 is 20.8 Å². The number of nitrogens with zero attached hydrogens (tertiary/aromatic N) is 1. The normalized spacial score (nSPS) is 12.9. The molecule has 154 valence electrons. The molecule has 1 atom stereocenters. The van der Waals surface area contributed by atoms with E-state index in [4.69, 9.17) is 9.47 Å². The molecule has 0 aliphatic heterocycles. The Morgan fingerprint density at radius 2 is 1.62 bits per heavy atom. The number of ether oxygens (including phenoxy) is 2. The Morgan fingerprint density at radius 1 is 0.931 bits per heavy atom. The van der Waals surface area contributed by atoms with Crippen LogP contribution >= 0.6 is 0 Å². The number of sulfonamides is 1. The van der Waals surface area contributed by atoms with Crippen LogP contribution < -0.4 is 14.2 Å². The van der Waals surface area contributed by atoms with E-state index >= 15 is 0 Å². The molecule has 0 fully saturated rings. The number of benzene rings is 3. The molecule has 3 aromatic carbocycles. The minimum atomic E-state index is -3.72. The summed E-state index contributed by atoms with van der Waals surface area (Å²) in [4.78, 5) is 2.14. The van der Waals surface area contributed by atoms with E-state index in [-0.39, 0.29) is 17.5 Å². The maximum Gasteiger partial charge on any atom is 0.240 e. The molecule has 29 heavy (non-hydrogen) atoms. The predicted molar refractivity (Wildman–Crippen MR) is 115 cm³/mol. The zero-order chi connectivity index (χ0) is 21.0. The highest BCUT2D eigenvalue weighted by Gasteiger charge is 2.22. The lowest BCUT2D eigenvalue weighted by Gasteiger charge is -2.26. The number of nitrogens with one attached hydrogen (secondary N) is 1. The van der Waals surface area contributed by atoms with E-state index in [1.807, 2.05) is 43.3 Å². The lowest BCUT2D eigenvalue weighted by Crippen LogP contribution is -2.34. The standard InChI is InChI=1S/C22H26N2O4S/c1-24(2)20(19-11-7-9-16-8-5-6-10-18(16)19)15-23-29(25,26)17-12-13-21(27-3)22(14-17)28-4/h5-14,20,23H,15H2,1-4H3/t20-/m1/s1. The molecule has 3 rings (SSSR count). The third-order valence-corrected chi connectivity index (χ3v) is 6.36. The molecule has 0 saturated heterocycles. The van der Waals surface area contributed by atoms with Crippen LogP contribution in [0.1, 0.15) is 11.6 Å². The lowest BCUT2D eigenvalue weighted by atomic mass is 9.98. The van der Waals surface area contributed by atoms with Gasteiger partial charge in [-0.1, -0.05) is 42.5 Å². The van der Waals surface area contributed by atoms with Crippen molar-refractivity contribution in [2.75, 3.05) is 34.9 Å². The molecule has 0 bridgehead atoms. The third kappa shape index (κ3) is 4.53. The molecular weight excluding hydrogens is 388 g/mol. The molecule has 0 aliphatic rings. The Bertz CT molecular complexity index is 1090. The van der Waals surface area contributed by atoms with E-state index in [1.165, 1.54) is 26.4 Å². The van der Waals surface area contributed by atoms with Crippen molar-refractivity contribution in [3.63, 3.8) is 0 Å². The largest absolute Gasteiger partial charge is 0.493 e. The maximum absolute atomic E-state index is 12.9. The quantitative estimate of drug-likeness (QED) is 0.612. The van der Waals surface area contributed by atoms with Gasteiger partial charge in [-0.3, -0.25) is 0 Å². The van der Waals surface area contributed by atoms with E-state index in [2.05, 4.69) is 22.9 Å². The molecule has 0 saturated carbocycles. The molecule has 0 spiro atoms.